The highest BCUT2D eigenvalue weighted by Gasteiger charge is 2.27. The molecule has 3 aromatic rings. The fourth-order valence-corrected chi connectivity index (χ4v) is 4.92. The second-order valence-electron chi connectivity index (χ2n) is 9.31. The molecule has 0 spiro atoms. The summed E-state index contributed by atoms with van der Waals surface area (Å²) in [6, 6.07) is 7.41. The van der Waals surface area contributed by atoms with Gasteiger partial charge in [-0.05, 0) is 56.7 Å². The Hall–Kier alpha value is -3.41. The Morgan fingerprint density at radius 1 is 1.18 bits per heavy atom. The Labute approximate surface area is 198 Å². The number of fused-ring (bicyclic) bond motifs is 1. The van der Waals surface area contributed by atoms with Crippen molar-refractivity contribution >= 4 is 22.8 Å². The molecular formula is C26H29N5O3. The summed E-state index contributed by atoms with van der Waals surface area (Å²) in [5.41, 5.74) is 6.94. The Balaban J connectivity index is 1.58. The third-order valence-electron chi connectivity index (χ3n) is 6.75. The number of aromatic nitrogens is 3. The summed E-state index contributed by atoms with van der Waals surface area (Å²) >= 11 is 0. The van der Waals surface area contributed by atoms with E-state index in [1.807, 2.05) is 22.8 Å². The molecule has 176 valence electrons. The number of benzene rings is 1. The van der Waals surface area contributed by atoms with Crippen LogP contribution in [0.5, 0.6) is 0 Å². The smallest absolute Gasteiger partial charge is 0.256 e. The number of likely N-dealkylation sites (tertiary alicyclic amines) is 1. The minimum atomic E-state index is -0.938. The van der Waals surface area contributed by atoms with Crippen molar-refractivity contribution < 1.29 is 15.0 Å². The van der Waals surface area contributed by atoms with Gasteiger partial charge in [-0.2, -0.15) is 4.98 Å². The second-order valence-corrected chi connectivity index (χ2v) is 9.31. The van der Waals surface area contributed by atoms with Crippen LogP contribution < -0.4 is 5.73 Å². The SMILES string of the molecule is Nc1nccc(-n2cc(C(=O)N3CCC[C@@H](O)C3)c3ccc(C#CC4(O)CCCCC4)cc32)n1. The van der Waals surface area contributed by atoms with Gasteiger partial charge >= 0.3 is 0 Å². The molecule has 2 aromatic heterocycles. The molecule has 8 heteroatoms. The average molecular weight is 460 g/mol. The van der Waals surface area contributed by atoms with Gasteiger partial charge in [0.1, 0.15) is 11.4 Å². The molecule has 1 aliphatic carbocycles. The van der Waals surface area contributed by atoms with Crippen LogP contribution in [0.15, 0.2) is 36.7 Å². The van der Waals surface area contributed by atoms with E-state index >= 15 is 0 Å². The minimum absolute atomic E-state index is 0.125. The van der Waals surface area contributed by atoms with E-state index in [0.717, 1.165) is 42.1 Å². The normalized spacial score (nSPS) is 20.1. The van der Waals surface area contributed by atoms with E-state index in [9.17, 15) is 15.0 Å². The molecule has 5 rings (SSSR count). The van der Waals surface area contributed by atoms with E-state index in [0.29, 0.717) is 43.7 Å². The molecule has 2 fully saturated rings. The first kappa shape index (κ1) is 22.4. The first-order valence-corrected chi connectivity index (χ1v) is 11.9. The quantitative estimate of drug-likeness (QED) is 0.507. The van der Waals surface area contributed by atoms with Gasteiger partial charge in [0.15, 0.2) is 0 Å². The monoisotopic (exact) mass is 459 g/mol. The van der Waals surface area contributed by atoms with Crippen LogP contribution >= 0.6 is 0 Å². The molecule has 1 atom stereocenters. The van der Waals surface area contributed by atoms with Crippen LogP contribution in [0.4, 0.5) is 5.95 Å². The number of piperidine rings is 1. The molecule has 1 saturated carbocycles. The Bertz CT molecular complexity index is 1280. The van der Waals surface area contributed by atoms with Crippen molar-refractivity contribution in [2.24, 2.45) is 0 Å². The number of nitrogen functional groups attached to an aromatic ring is 1. The number of amides is 1. The lowest BCUT2D eigenvalue weighted by Crippen LogP contribution is -2.42. The van der Waals surface area contributed by atoms with Crippen molar-refractivity contribution in [2.45, 2.75) is 56.7 Å². The second kappa shape index (κ2) is 9.09. The topological polar surface area (TPSA) is 118 Å². The largest absolute Gasteiger partial charge is 0.391 e. The first-order valence-electron chi connectivity index (χ1n) is 11.9. The van der Waals surface area contributed by atoms with Crippen LogP contribution in [0.25, 0.3) is 16.7 Å². The summed E-state index contributed by atoms with van der Waals surface area (Å²) in [6.45, 7) is 0.944. The van der Waals surface area contributed by atoms with Crippen molar-refractivity contribution in [3.8, 4) is 17.7 Å². The molecule has 34 heavy (non-hydrogen) atoms. The molecule has 1 aromatic carbocycles. The number of nitrogens with zero attached hydrogens (tertiary/aromatic N) is 4. The molecule has 0 radical (unpaired) electrons. The zero-order chi connectivity index (χ0) is 23.7. The number of aliphatic hydroxyl groups is 2. The molecule has 1 saturated heterocycles. The zero-order valence-electron chi connectivity index (χ0n) is 19.1. The van der Waals surface area contributed by atoms with Gasteiger partial charge in [-0.25, -0.2) is 4.98 Å². The van der Waals surface area contributed by atoms with Gasteiger partial charge < -0.3 is 25.4 Å². The van der Waals surface area contributed by atoms with Crippen molar-refractivity contribution in [1.29, 1.82) is 0 Å². The highest BCUT2D eigenvalue weighted by molar-refractivity contribution is 6.07. The standard InChI is InChI=1S/C26H29N5O3/c27-25-28-13-9-23(29-25)31-17-21(24(33)30-14-4-5-19(32)16-30)20-7-6-18(15-22(20)31)8-12-26(34)10-2-1-3-11-26/h6-7,9,13,15,17,19,32,34H,1-5,10-11,14,16H2,(H2,27,28,29)/t19-/m1/s1. The van der Waals surface area contributed by atoms with Crippen LogP contribution in [-0.4, -0.2) is 60.3 Å². The lowest BCUT2D eigenvalue weighted by Gasteiger charge is -2.30. The summed E-state index contributed by atoms with van der Waals surface area (Å²) in [7, 11) is 0. The molecule has 4 N–H and O–H groups in total. The third-order valence-corrected chi connectivity index (χ3v) is 6.75. The van der Waals surface area contributed by atoms with E-state index in [1.165, 1.54) is 0 Å². The molecule has 8 nitrogen and oxygen atoms in total. The van der Waals surface area contributed by atoms with Gasteiger partial charge in [-0.15, -0.1) is 0 Å². The maximum absolute atomic E-state index is 13.4. The first-order chi connectivity index (χ1) is 16.4. The summed E-state index contributed by atoms with van der Waals surface area (Å²) in [4.78, 5) is 23.4. The highest BCUT2D eigenvalue weighted by Crippen LogP contribution is 2.29. The molecule has 1 amide bonds. The number of aliphatic hydroxyl groups excluding tert-OH is 1. The van der Waals surface area contributed by atoms with Crippen LogP contribution in [0.3, 0.4) is 0 Å². The summed E-state index contributed by atoms with van der Waals surface area (Å²) in [5.74, 6) is 6.79. The number of hydrogen-bond acceptors (Lipinski definition) is 6. The van der Waals surface area contributed by atoms with Crippen LogP contribution in [0.2, 0.25) is 0 Å². The molecule has 2 aliphatic rings. The van der Waals surface area contributed by atoms with E-state index < -0.39 is 11.7 Å². The molecule has 0 unspecified atom stereocenters. The van der Waals surface area contributed by atoms with Crippen molar-refractivity contribution in [3.63, 3.8) is 0 Å². The van der Waals surface area contributed by atoms with E-state index in [-0.39, 0.29) is 11.9 Å². The van der Waals surface area contributed by atoms with Gasteiger partial charge in [0.25, 0.3) is 5.91 Å². The predicted molar refractivity (Wildman–Crippen MR) is 129 cm³/mol. The molecule has 0 bridgehead atoms. The number of rotatable bonds is 2. The van der Waals surface area contributed by atoms with Crippen LogP contribution in [0.1, 0.15) is 60.9 Å². The number of β-amino-alcohol motifs (C(OH)–C–C–N with tert-alkyl or cyclic N) is 1. The maximum Gasteiger partial charge on any atom is 0.256 e. The zero-order valence-corrected chi connectivity index (χ0v) is 19.1. The van der Waals surface area contributed by atoms with E-state index in [2.05, 4.69) is 21.8 Å². The number of carbonyl (C=O) groups is 1. The Kier molecular flexibility index (Phi) is 5.98. The fraction of sp³-hybridized carbons (Fsp3) is 0.423. The van der Waals surface area contributed by atoms with Crippen molar-refractivity contribution in [3.05, 3.63) is 47.8 Å². The summed E-state index contributed by atoms with van der Waals surface area (Å²) in [5, 5.41) is 21.6. The third kappa shape index (κ3) is 4.49. The Morgan fingerprint density at radius 3 is 2.76 bits per heavy atom. The van der Waals surface area contributed by atoms with Gasteiger partial charge in [0, 0.05) is 36.4 Å². The Morgan fingerprint density at radius 2 is 2.00 bits per heavy atom. The van der Waals surface area contributed by atoms with Crippen molar-refractivity contribution in [2.75, 3.05) is 18.8 Å². The lowest BCUT2D eigenvalue weighted by atomic mass is 9.85. The van der Waals surface area contributed by atoms with Gasteiger partial charge in [0.05, 0.1) is 17.2 Å². The number of hydrogen-bond donors (Lipinski definition) is 3. The van der Waals surface area contributed by atoms with E-state index in [1.54, 1.807) is 23.4 Å². The average Bonchev–Trinajstić information content (AvgIpc) is 3.22. The predicted octanol–water partition coefficient (Wildman–Crippen LogP) is 2.65. The van der Waals surface area contributed by atoms with Crippen LogP contribution in [-0.2, 0) is 0 Å². The van der Waals surface area contributed by atoms with Crippen molar-refractivity contribution in [1.82, 2.24) is 19.4 Å². The summed E-state index contributed by atoms with van der Waals surface area (Å²) < 4.78 is 1.82. The summed E-state index contributed by atoms with van der Waals surface area (Å²) in [6.07, 6.45) is 8.82. The van der Waals surface area contributed by atoms with Gasteiger partial charge in [0.2, 0.25) is 5.95 Å². The molecular weight excluding hydrogens is 430 g/mol. The maximum atomic E-state index is 13.4. The number of nitrogens with two attached hydrogens (primary N) is 1. The number of carbonyl (C=O) groups excluding carboxylic acids is 1. The fourth-order valence-electron chi connectivity index (χ4n) is 4.92. The van der Waals surface area contributed by atoms with Gasteiger partial charge in [-0.3, -0.25) is 4.79 Å². The van der Waals surface area contributed by atoms with Crippen LogP contribution in [0, 0.1) is 11.8 Å². The highest BCUT2D eigenvalue weighted by atomic mass is 16.3. The van der Waals surface area contributed by atoms with Gasteiger partial charge in [-0.1, -0.05) is 24.3 Å². The lowest BCUT2D eigenvalue weighted by molar-refractivity contribution is 0.0475. The molecule has 3 heterocycles. The minimum Gasteiger partial charge on any atom is -0.391 e. The molecule has 1 aliphatic heterocycles. The number of anilines is 1. The van der Waals surface area contributed by atoms with E-state index in [4.69, 9.17) is 5.73 Å².